The third-order valence-electron chi connectivity index (χ3n) is 2.00. The molecule has 5 nitrogen and oxygen atoms in total. The van der Waals surface area contributed by atoms with Gasteiger partial charge in [-0.2, -0.15) is 0 Å². The molecule has 0 radical (unpaired) electrons. The van der Waals surface area contributed by atoms with Gasteiger partial charge in [0.05, 0.1) is 10.7 Å². The zero-order chi connectivity index (χ0) is 12.5. The maximum atomic E-state index is 10.5. The summed E-state index contributed by atoms with van der Waals surface area (Å²) in [6.45, 7) is 0. The van der Waals surface area contributed by atoms with Crippen LogP contribution in [-0.4, -0.2) is 27.4 Å². The summed E-state index contributed by atoms with van der Waals surface area (Å²) in [6.07, 6.45) is -3.68. The van der Waals surface area contributed by atoms with Gasteiger partial charge in [-0.15, -0.1) is 0 Å². The van der Waals surface area contributed by atoms with Gasteiger partial charge >= 0.3 is 5.97 Å². The quantitative estimate of drug-likeness (QED) is 0.612. The molecule has 0 fully saturated rings. The molecule has 5 N–H and O–H groups in total. The van der Waals surface area contributed by atoms with Crippen molar-refractivity contribution in [3.8, 4) is 0 Å². The van der Waals surface area contributed by atoms with Crippen LogP contribution < -0.4 is 5.73 Å². The van der Waals surface area contributed by atoms with Gasteiger partial charge in [-0.3, -0.25) is 0 Å². The fraction of sp³-hybridized carbons (Fsp3) is 0.222. The average Bonchev–Trinajstić information content (AvgIpc) is 2.21. The lowest BCUT2D eigenvalue weighted by Gasteiger charge is -2.17. The number of carboxylic acids is 1. The van der Waals surface area contributed by atoms with Gasteiger partial charge in [-0.05, 0) is 12.1 Å². The lowest BCUT2D eigenvalue weighted by atomic mass is 10.0. The Labute approximate surface area is 101 Å². The fourth-order valence-corrected chi connectivity index (χ4v) is 1.66. The van der Waals surface area contributed by atoms with Crippen molar-refractivity contribution in [2.24, 2.45) is 0 Å². The number of aliphatic carboxylic acids is 1. The summed E-state index contributed by atoms with van der Waals surface area (Å²) in [5.41, 5.74) is 5.50. The highest BCUT2D eigenvalue weighted by Gasteiger charge is 2.27. The number of rotatable bonds is 3. The van der Waals surface area contributed by atoms with Crippen molar-refractivity contribution in [3.05, 3.63) is 27.7 Å². The molecule has 0 aliphatic heterocycles. The first-order valence-electron chi connectivity index (χ1n) is 4.18. The van der Waals surface area contributed by atoms with Crippen LogP contribution in [0.15, 0.2) is 12.1 Å². The number of halogens is 2. The normalized spacial score (nSPS) is 14.5. The van der Waals surface area contributed by atoms with Crippen LogP contribution in [0, 0.1) is 0 Å². The molecule has 0 heterocycles. The fourth-order valence-electron chi connectivity index (χ4n) is 1.15. The monoisotopic (exact) mass is 265 g/mol. The largest absolute Gasteiger partial charge is 0.479 e. The average molecular weight is 266 g/mol. The van der Waals surface area contributed by atoms with E-state index in [1.165, 1.54) is 12.1 Å². The van der Waals surface area contributed by atoms with Crippen molar-refractivity contribution in [1.82, 2.24) is 0 Å². The molecular weight excluding hydrogens is 257 g/mol. The minimum Gasteiger partial charge on any atom is -0.479 e. The Hall–Kier alpha value is -1.01. The van der Waals surface area contributed by atoms with Gasteiger partial charge in [0.15, 0.2) is 6.10 Å². The second-order valence-corrected chi connectivity index (χ2v) is 3.96. The minimum absolute atomic E-state index is 0.0149. The number of benzene rings is 1. The Kier molecular flexibility index (Phi) is 3.98. The number of carbonyl (C=O) groups is 1. The molecule has 2 atom stereocenters. The first kappa shape index (κ1) is 13.1. The first-order valence-corrected chi connectivity index (χ1v) is 4.93. The summed E-state index contributed by atoms with van der Waals surface area (Å²) >= 11 is 11.4. The molecule has 16 heavy (non-hydrogen) atoms. The number of aliphatic hydroxyl groups excluding tert-OH is 2. The summed E-state index contributed by atoms with van der Waals surface area (Å²) < 4.78 is 0. The number of nitrogens with two attached hydrogens (primary N) is 1. The van der Waals surface area contributed by atoms with Gasteiger partial charge in [0.1, 0.15) is 6.10 Å². The van der Waals surface area contributed by atoms with Gasteiger partial charge in [0.2, 0.25) is 0 Å². The molecule has 2 unspecified atom stereocenters. The molecule has 0 amide bonds. The summed E-state index contributed by atoms with van der Waals surface area (Å²) in [6, 6.07) is 2.60. The van der Waals surface area contributed by atoms with Crippen LogP contribution in [0.4, 0.5) is 5.69 Å². The van der Waals surface area contributed by atoms with Crippen LogP contribution in [0.25, 0.3) is 0 Å². The van der Waals surface area contributed by atoms with Crippen molar-refractivity contribution in [3.63, 3.8) is 0 Å². The number of nitrogen functional groups attached to an aromatic ring is 1. The third-order valence-corrected chi connectivity index (χ3v) is 2.53. The van der Waals surface area contributed by atoms with E-state index in [9.17, 15) is 9.90 Å². The molecule has 0 aliphatic rings. The smallest absolute Gasteiger partial charge is 0.335 e. The van der Waals surface area contributed by atoms with Crippen molar-refractivity contribution >= 4 is 34.9 Å². The molecular formula is C9H9Cl2NO4. The molecule has 0 aliphatic carbocycles. The van der Waals surface area contributed by atoms with E-state index in [4.69, 9.17) is 39.1 Å². The van der Waals surface area contributed by atoms with Crippen LogP contribution in [0.5, 0.6) is 0 Å². The summed E-state index contributed by atoms with van der Waals surface area (Å²) in [4.78, 5) is 10.5. The van der Waals surface area contributed by atoms with Gasteiger partial charge in [0, 0.05) is 10.6 Å². The molecule has 1 aromatic rings. The number of hydrogen-bond donors (Lipinski definition) is 4. The second kappa shape index (κ2) is 4.88. The maximum Gasteiger partial charge on any atom is 0.335 e. The topological polar surface area (TPSA) is 104 Å². The minimum atomic E-state index is -1.99. The van der Waals surface area contributed by atoms with Gasteiger partial charge < -0.3 is 21.1 Å². The van der Waals surface area contributed by atoms with E-state index in [0.717, 1.165) is 0 Å². The molecule has 0 spiro atoms. The third kappa shape index (κ3) is 2.56. The zero-order valence-electron chi connectivity index (χ0n) is 7.89. The molecule has 0 aromatic heterocycles. The molecule has 0 bridgehead atoms. The van der Waals surface area contributed by atoms with Crippen molar-refractivity contribution in [2.45, 2.75) is 12.2 Å². The molecule has 88 valence electrons. The van der Waals surface area contributed by atoms with E-state index < -0.39 is 18.2 Å². The van der Waals surface area contributed by atoms with E-state index in [2.05, 4.69) is 0 Å². The summed E-state index contributed by atoms with van der Waals surface area (Å²) in [5.74, 6) is -1.57. The standard InChI is InChI=1S/C9H9Cl2NO4/c10-3-1-4(6(12)5(11)2-3)7(13)8(14)9(15)16/h1-2,7-8,13-14H,12H2,(H,15,16). The van der Waals surface area contributed by atoms with Crippen LogP contribution in [0.1, 0.15) is 11.7 Å². The Bertz CT molecular complexity index is 424. The van der Waals surface area contributed by atoms with Crippen LogP contribution in [0.2, 0.25) is 10.0 Å². The van der Waals surface area contributed by atoms with Gasteiger partial charge in [-0.25, -0.2) is 4.79 Å². The number of anilines is 1. The van der Waals surface area contributed by atoms with Crippen LogP contribution >= 0.6 is 23.2 Å². The number of aliphatic hydroxyl groups is 2. The maximum absolute atomic E-state index is 10.5. The zero-order valence-corrected chi connectivity index (χ0v) is 9.40. The molecule has 0 saturated carbocycles. The molecule has 1 aromatic carbocycles. The highest BCUT2D eigenvalue weighted by Crippen LogP contribution is 2.32. The van der Waals surface area contributed by atoms with Crippen LogP contribution in [-0.2, 0) is 4.79 Å². The Balaban J connectivity index is 3.17. The van der Waals surface area contributed by atoms with E-state index in [1.54, 1.807) is 0 Å². The predicted octanol–water partition coefficient (Wildman–Crippen LogP) is 1.05. The van der Waals surface area contributed by atoms with Crippen molar-refractivity contribution < 1.29 is 20.1 Å². The lowest BCUT2D eigenvalue weighted by Crippen LogP contribution is -2.28. The van der Waals surface area contributed by atoms with E-state index >= 15 is 0 Å². The van der Waals surface area contributed by atoms with Crippen molar-refractivity contribution in [1.29, 1.82) is 0 Å². The van der Waals surface area contributed by atoms with Gasteiger partial charge in [-0.1, -0.05) is 23.2 Å². The number of carboxylic acid groups (broad SMARTS) is 1. The van der Waals surface area contributed by atoms with E-state index in [-0.39, 0.29) is 21.3 Å². The van der Waals surface area contributed by atoms with E-state index in [0.29, 0.717) is 0 Å². The highest BCUT2D eigenvalue weighted by molar-refractivity contribution is 6.36. The van der Waals surface area contributed by atoms with Crippen molar-refractivity contribution in [2.75, 3.05) is 5.73 Å². The van der Waals surface area contributed by atoms with Gasteiger partial charge in [0.25, 0.3) is 0 Å². The first-order chi connectivity index (χ1) is 7.34. The SMILES string of the molecule is Nc1c(Cl)cc(Cl)cc1C(O)C(O)C(=O)O. The Morgan fingerprint density at radius 3 is 2.38 bits per heavy atom. The summed E-state index contributed by atoms with van der Waals surface area (Å²) in [5, 5.41) is 27.5. The van der Waals surface area contributed by atoms with E-state index in [1.807, 2.05) is 0 Å². The predicted molar refractivity (Wildman–Crippen MR) is 59.5 cm³/mol. The van der Waals surface area contributed by atoms with Crippen LogP contribution in [0.3, 0.4) is 0 Å². The summed E-state index contributed by atoms with van der Waals surface area (Å²) in [7, 11) is 0. The lowest BCUT2D eigenvalue weighted by molar-refractivity contribution is -0.153. The highest BCUT2D eigenvalue weighted by atomic mass is 35.5. The molecule has 0 saturated heterocycles. The Morgan fingerprint density at radius 1 is 1.31 bits per heavy atom. The number of hydrogen-bond acceptors (Lipinski definition) is 4. The Morgan fingerprint density at radius 2 is 1.88 bits per heavy atom. The molecule has 1 rings (SSSR count). The molecule has 7 heteroatoms. The second-order valence-electron chi connectivity index (χ2n) is 3.12.